The SMILES string of the molecule is Cc1cc2c(c(O)c1C(=O)O)C(=O)c1c(O)cc(O)cc1C2=O. The number of aromatic carboxylic acids is 1. The molecule has 0 heterocycles. The molecule has 0 amide bonds. The number of carboxylic acid groups (broad SMARTS) is 1. The van der Waals surface area contributed by atoms with Gasteiger partial charge in [0, 0.05) is 17.2 Å². The van der Waals surface area contributed by atoms with Crippen LogP contribution in [0.4, 0.5) is 0 Å². The van der Waals surface area contributed by atoms with Gasteiger partial charge in [-0.05, 0) is 24.6 Å². The quantitative estimate of drug-likeness (QED) is 0.536. The first-order chi connectivity index (χ1) is 10.7. The lowest BCUT2D eigenvalue weighted by Crippen LogP contribution is -2.22. The van der Waals surface area contributed by atoms with Crippen LogP contribution < -0.4 is 0 Å². The fraction of sp³-hybridized carbons (Fsp3) is 0.0625. The van der Waals surface area contributed by atoms with Crippen LogP contribution in [0.15, 0.2) is 18.2 Å². The predicted molar refractivity (Wildman–Crippen MR) is 76.4 cm³/mol. The number of rotatable bonds is 1. The van der Waals surface area contributed by atoms with Gasteiger partial charge in [0.15, 0.2) is 5.78 Å². The van der Waals surface area contributed by atoms with Crippen LogP contribution in [0, 0.1) is 6.92 Å². The van der Waals surface area contributed by atoms with E-state index in [-0.39, 0.29) is 22.3 Å². The Balaban J connectivity index is 2.41. The van der Waals surface area contributed by atoms with Crippen molar-refractivity contribution in [3.05, 3.63) is 51.6 Å². The lowest BCUT2D eigenvalue weighted by Gasteiger charge is -2.21. The zero-order valence-corrected chi connectivity index (χ0v) is 11.7. The van der Waals surface area contributed by atoms with Crippen molar-refractivity contribution >= 4 is 17.5 Å². The first-order valence-electron chi connectivity index (χ1n) is 6.49. The molecule has 0 unspecified atom stereocenters. The van der Waals surface area contributed by atoms with E-state index in [9.17, 15) is 29.7 Å². The van der Waals surface area contributed by atoms with Gasteiger partial charge < -0.3 is 20.4 Å². The Morgan fingerprint density at radius 3 is 2.13 bits per heavy atom. The van der Waals surface area contributed by atoms with Crippen LogP contribution in [0.5, 0.6) is 17.2 Å². The number of aryl methyl sites for hydroxylation is 1. The van der Waals surface area contributed by atoms with Crippen LogP contribution in [-0.2, 0) is 0 Å². The molecule has 0 radical (unpaired) electrons. The second-order valence-corrected chi connectivity index (χ2v) is 5.19. The van der Waals surface area contributed by atoms with Gasteiger partial charge in [-0.15, -0.1) is 0 Å². The van der Waals surface area contributed by atoms with Gasteiger partial charge in [-0.1, -0.05) is 0 Å². The first-order valence-corrected chi connectivity index (χ1v) is 6.49. The lowest BCUT2D eigenvalue weighted by molar-refractivity contribution is 0.0692. The van der Waals surface area contributed by atoms with E-state index in [1.165, 1.54) is 13.0 Å². The number of carboxylic acids is 1. The fourth-order valence-corrected chi connectivity index (χ4v) is 2.78. The molecular formula is C16H10O7. The minimum atomic E-state index is -1.44. The molecule has 7 heteroatoms. The maximum atomic E-state index is 12.5. The van der Waals surface area contributed by atoms with E-state index >= 15 is 0 Å². The van der Waals surface area contributed by atoms with Gasteiger partial charge >= 0.3 is 5.97 Å². The van der Waals surface area contributed by atoms with Crippen molar-refractivity contribution in [3.63, 3.8) is 0 Å². The summed E-state index contributed by atoms with van der Waals surface area (Å²) < 4.78 is 0. The molecule has 0 bridgehead atoms. The molecule has 7 nitrogen and oxygen atoms in total. The third kappa shape index (κ3) is 1.87. The van der Waals surface area contributed by atoms with E-state index in [0.717, 1.165) is 12.1 Å². The molecule has 0 fully saturated rings. The Hall–Kier alpha value is -3.35. The lowest BCUT2D eigenvalue weighted by atomic mass is 9.81. The molecule has 0 saturated carbocycles. The Bertz CT molecular complexity index is 925. The summed E-state index contributed by atoms with van der Waals surface area (Å²) in [5.74, 6) is -4.86. The number of phenolic OH excluding ortho intramolecular Hbond substituents is 2. The summed E-state index contributed by atoms with van der Waals surface area (Å²) in [4.78, 5) is 36.3. The first kappa shape index (κ1) is 14.6. The average Bonchev–Trinajstić information content (AvgIpc) is 2.42. The zero-order valence-electron chi connectivity index (χ0n) is 11.7. The maximum Gasteiger partial charge on any atom is 0.339 e. The van der Waals surface area contributed by atoms with E-state index in [4.69, 9.17) is 5.11 Å². The summed E-state index contributed by atoms with van der Waals surface area (Å²) in [5.41, 5.74) is -1.59. The summed E-state index contributed by atoms with van der Waals surface area (Å²) in [7, 11) is 0. The summed E-state index contributed by atoms with van der Waals surface area (Å²) in [6.45, 7) is 1.39. The molecule has 1 aliphatic rings. The van der Waals surface area contributed by atoms with Crippen LogP contribution >= 0.6 is 0 Å². The topological polar surface area (TPSA) is 132 Å². The van der Waals surface area contributed by atoms with Gasteiger partial charge in [0.1, 0.15) is 22.8 Å². The number of benzene rings is 2. The molecular weight excluding hydrogens is 304 g/mol. The van der Waals surface area contributed by atoms with E-state index in [1.54, 1.807) is 0 Å². The molecule has 0 spiro atoms. The smallest absolute Gasteiger partial charge is 0.339 e. The molecule has 0 atom stereocenters. The molecule has 4 N–H and O–H groups in total. The van der Waals surface area contributed by atoms with Crippen molar-refractivity contribution in [2.75, 3.05) is 0 Å². The van der Waals surface area contributed by atoms with Crippen molar-refractivity contribution in [1.29, 1.82) is 0 Å². The molecule has 0 saturated heterocycles. The second kappa shape index (κ2) is 4.57. The predicted octanol–water partition coefficient (Wildman–Crippen LogP) is 1.59. The highest BCUT2D eigenvalue weighted by atomic mass is 16.4. The van der Waals surface area contributed by atoms with Crippen LogP contribution in [-0.4, -0.2) is 38.0 Å². The Labute approximate surface area is 129 Å². The Kier molecular flexibility index (Phi) is 2.90. The number of aromatic hydroxyl groups is 3. The molecule has 0 aliphatic heterocycles. The maximum absolute atomic E-state index is 12.5. The highest BCUT2D eigenvalue weighted by Gasteiger charge is 2.37. The molecule has 116 valence electrons. The van der Waals surface area contributed by atoms with Crippen LogP contribution in [0.3, 0.4) is 0 Å². The minimum absolute atomic E-state index is 0.114. The molecule has 1 aliphatic carbocycles. The van der Waals surface area contributed by atoms with Crippen LogP contribution in [0.1, 0.15) is 47.8 Å². The normalized spacial score (nSPS) is 12.7. The van der Waals surface area contributed by atoms with Gasteiger partial charge in [0.2, 0.25) is 5.78 Å². The molecule has 2 aromatic rings. The van der Waals surface area contributed by atoms with Gasteiger partial charge in [-0.25, -0.2) is 4.79 Å². The standard InChI is InChI=1S/C16H10O7/c1-5-2-7-12(14(20)10(5)16(22)23)15(21)11-8(13(7)19)3-6(17)4-9(11)18/h2-4,17-18,20H,1H3,(H,22,23). The molecule has 0 aromatic heterocycles. The average molecular weight is 314 g/mol. The fourth-order valence-electron chi connectivity index (χ4n) is 2.78. The monoisotopic (exact) mass is 314 g/mol. The number of hydrogen-bond acceptors (Lipinski definition) is 6. The summed E-state index contributed by atoms with van der Waals surface area (Å²) in [5, 5.41) is 38.6. The van der Waals surface area contributed by atoms with Crippen molar-refractivity contribution < 1.29 is 34.8 Å². The van der Waals surface area contributed by atoms with E-state index in [1.807, 2.05) is 0 Å². The summed E-state index contributed by atoms with van der Waals surface area (Å²) in [6.07, 6.45) is 0. The van der Waals surface area contributed by atoms with E-state index in [2.05, 4.69) is 0 Å². The van der Waals surface area contributed by atoms with Crippen molar-refractivity contribution in [3.8, 4) is 17.2 Å². The number of fused-ring (bicyclic) bond motifs is 2. The Morgan fingerprint density at radius 2 is 1.52 bits per heavy atom. The van der Waals surface area contributed by atoms with Gasteiger partial charge in [0.05, 0.1) is 11.1 Å². The highest BCUT2D eigenvalue weighted by Crippen LogP contribution is 2.40. The van der Waals surface area contributed by atoms with Crippen LogP contribution in [0.25, 0.3) is 0 Å². The number of hydrogen-bond donors (Lipinski definition) is 4. The largest absolute Gasteiger partial charge is 0.508 e. The number of ketones is 2. The molecule has 3 rings (SSSR count). The number of phenols is 3. The van der Waals surface area contributed by atoms with E-state index in [0.29, 0.717) is 0 Å². The van der Waals surface area contributed by atoms with Crippen molar-refractivity contribution in [1.82, 2.24) is 0 Å². The molecule has 23 heavy (non-hydrogen) atoms. The molecule has 2 aromatic carbocycles. The third-order valence-corrected chi connectivity index (χ3v) is 3.76. The van der Waals surface area contributed by atoms with Gasteiger partial charge in [-0.2, -0.15) is 0 Å². The summed E-state index contributed by atoms with van der Waals surface area (Å²) >= 11 is 0. The van der Waals surface area contributed by atoms with E-state index < -0.39 is 45.9 Å². The van der Waals surface area contributed by atoms with Crippen molar-refractivity contribution in [2.24, 2.45) is 0 Å². The zero-order chi connectivity index (χ0) is 17.0. The third-order valence-electron chi connectivity index (χ3n) is 3.76. The second-order valence-electron chi connectivity index (χ2n) is 5.19. The highest BCUT2D eigenvalue weighted by molar-refractivity contribution is 6.31. The minimum Gasteiger partial charge on any atom is -0.508 e. The number of carbonyl (C=O) groups is 3. The Morgan fingerprint density at radius 1 is 0.913 bits per heavy atom. The van der Waals surface area contributed by atoms with Crippen LogP contribution in [0.2, 0.25) is 0 Å². The van der Waals surface area contributed by atoms with Gasteiger partial charge in [0.25, 0.3) is 0 Å². The summed E-state index contributed by atoms with van der Waals surface area (Å²) in [6, 6.07) is 3.12. The number of carbonyl (C=O) groups excluding carboxylic acids is 2. The van der Waals surface area contributed by atoms with Gasteiger partial charge in [-0.3, -0.25) is 9.59 Å². The van der Waals surface area contributed by atoms with Crippen molar-refractivity contribution in [2.45, 2.75) is 6.92 Å².